The zero-order valence-corrected chi connectivity index (χ0v) is 23.3. The first kappa shape index (κ1) is 24.9. The average molecular weight is 534 g/mol. The molecule has 9 heteroatoms. The van der Waals surface area contributed by atoms with Gasteiger partial charge in [0, 0.05) is 43.0 Å². The Bertz CT molecular complexity index is 1700. The van der Waals surface area contributed by atoms with E-state index in [0.29, 0.717) is 23.6 Å². The molecule has 9 nitrogen and oxygen atoms in total. The summed E-state index contributed by atoms with van der Waals surface area (Å²) in [6, 6.07) is 12.3. The lowest BCUT2D eigenvalue weighted by Gasteiger charge is -2.40. The van der Waals surface area contributed by atoms with E-state index in [4.69, 9.17) is 15.0 Å². The number of hydrogen-bond donors (Lipinski definition) is 3. The average Bonchev–Trinajstić information content (AvgIpc) is 3.24. The Balaban J connectivity index is 1.29. The molecule has 0 unspecified atom stereocenters. The summed E-state index contributed by atoms with van der Waals surface area (Å²) in [6.07, 6.45) is 10.4. The van der Waals surface area contributed by atoms with Crippen LogP contribution < -0.4 is 16.0 Å². The van der Waals surface area contributed by atoms with Gasteiger partial charge in [-0.1, -0.05) is 32.4 Å². The summed E-state index contributed by atoms with van der Waals surface area (Å²) >= 11 is 0. The molecule has 40 heavy (non-hydrogen) atoms. The van der Waals surface area contributed by atoms with E-state index in [9.17, 15) is 0 Å². The Hall–Kier alpha value is -4.11. The van der Waals surface area contributed by atoms with Crippen molar-refractivity contribution in [1.82, 2.24) is 34.8 Å². The molecule has 0 spiro atoms. The van der Waals surface area contributed by atoms with E-state index in [2.05, 4.69) is 45.8 Å². The molecule has 1 saturated carbocycles. The number of hydrogen-bond acceptors (Lipinski definition) is 8. The fourth-order valence-electron chi connectivity index (χ4n) is 5.98. The van der Waals surface area contributed by atoms with Gasteiger partial charge in [-0.25, -0.2) is 19.9 Å². The van der Waals surface area contributed by atoms with Gasteiger partial charge in [-0.3, -0.25) is 4.98 Å². The lowest BCUT2D eigenvalue weighted by molar-refractivity contribution is 0.236. The van der Waals surface area contributed by atoms with Crippen molar-refractivity contribution in [2.24, 2.45) is 12.5 Å². The van der Waals surface area contributed by atoms with Crippen molar-refractivity contribution in [2.45, 2.75) is 51.5 Å². The van der Waals surface area contributed by atoms with Crippen molar-refractivity contribution in [1.29, 1.82) is 0 Å². The molecule has 1 aliphatic heterocycles. The van der Waals surface area contributed by atoms with E-state index in [-0.39, 0.29) is 5.41 Å². The van der Waals surface area contributed by atoms with Crippen LogP contribution in [0.1, 0.15) is 51.0 Å². The minimum absolute atomic E-state index is 0.0959. The van der Waals surface area contributed by atoms with Gasteiger partial charge in [0.2, 0.25) is 5.95 Å². The van der Waals surface area contributed by atoms with Gasteiger partial charge in [-0.2, -0.15) is 0 Å². The van der Waals surface area contributed by atoms with E-state index in [1.54, 1.807) is 6.20 Å². The number of aromatic nitrogens is 6. The van der Waals surface area contributed by atoms with Crippen LogP contribution in [0.5, 0.6) is 0 Å². The second-order valence-electron chi connectivity index (χ2n) is 11.8. The molecule has 1 aromatic carbocycles. The highest BCUT2D eigenvalue weighted by Gasteiger charge is 2.33. The third-order valence-corrected chi connectivity index (χ3v) is 8.67. The SMILES string of the molecule is Cn1c(Nc2cc(-c3nc(N[C@H]4CCNCC4(C)C)c4c(C5CCC5)cncc4n3)ccn2)nc2ccccc21. The zero-order chi connectivity index (χ0) is 27.3. The minimum atomic E-state index is 0.0959. The van der Waals surface area contributed by atoms with Gasteiger partial charge in [0.1, 0.15) is 11.6 Å². The number of pyridine rings is 2. The number of nitrogens with one attached hydrogen (secondary N) is 3. The summed E-state index contributed by atoms with van der Waals surface area (Å²) in [6.45, 7) is 6.60. The molecule has 2 fully saturated rings. The van der Waals surface area contributed by atoms with E-state index in [1.807, 2.05) is 54.3 Å². The van der Waals surface area contributed by atoms with Gasteiger partial charge < -0.3 is 20.5 Å². The number of para-hydroxylation sites is 2. The molecule has 1 aliphatic carbocycles. The van der Waals surface area contributed by atoms with Crippen LogP contribution in [-0.2, 0) is 7.05 Å². The first-order valence-corrected chi connectivity index (χ1v) is 14.2. The van der Waals surface area contributed by atoms with Crippen molar-refractivity contribution < 1.29 is 0 Å². The molecule has 1 saturated heterocycles. The monoisotopic (exact) mass is 533 g/mol. The first-order chi connectivity index (χ1) is 19.5. The number of anilines is 3. The summed E-state index contributed by atoms with van der Waals surface area (Å²) in [5.74, 6) is 3.51. The van der Waals surface area contributed by atoms with Crippen LogP contribution in [-0.4, -0.2) is 48.6 Å². The normalized spacial score (nSPS) is 19.0. The molecular weight excluding hydrogens is 498 g/mol. The van der Waals surface area contributed by atoms with Gasteiger partial charge in [0.25, 0.3) is 0 Å². The van der Waals surface area contributed by atoms with Crippen LogP contribution in [0, 0.1) is 5.41 Å². The van der Waals surface area contributed by atoms with E-state index in [0.717, 1.165) is 58.8 Å². The third-order valence-electron chi connectivity index (χ3n) is 8.67. The lowest BCUT2D eigenvalue weighted by atomic mass is 9.78. The van der Waals surface area contributed by atoms with Crippen LogP contribution in [0.2, 0.25) is 0 Å². The second kappa shape index (κ2) is 9.82. The molecule has 3 N–H and O–H groups in total. The maximum atomic E-state index is 5.19. The second-order valence-corrected chi connectivity index (χ2v) is 11.8. The summed E-state index contributed by atoms with van der Waals surface area (Å²) in [4.78, 5) is 24.1. The number of nitrogens with zero attached hydrogens (tertiary/aromatic N) is 6. The molecule has 2 aliphatic rings. The number of piperidine rings is 1. The van der Waals surface area contributed by atoms with Gasteiger partial charge in [0.15, 0.2) is 5.82 Å². The van der Waals surface area contributed by atoms with Crippen LogP contribution >= 0.6 is 0 Å². The molecule has 0 radical (unpaired) electrons. The van der Waals surface area contributed by atoms with Gasteiger partial charge in [-0.15, -0.1) is 0 Å². The molecule has 5 aromatic rings. The van der Waals surface area contributed by atoms with Crippen LogP contribution in [0.3, 0.4) is 0 Å². The lowest BCUT2D eigenvalue weighted by Crippen LogP contribution is -2.49. The standard InChI is InChI=1S/C31H35N9/c1-31(2)18-32-13-12-25(31)37-29-27-21(19-7-6-8-19)16-33-17-23(27)35-28(39-29)20-11-14-34-26(15-20)38-30-36-22-9-4-5-10-24(22)40(30)3/h4-5,9-11,14-17,19,25,32H,6-8,12-13,18H2,1-3H3,(H,34,36,38)(H,35,37,39)/t25-/m0/s1. The highest BCUT2D eigenvalue weighted by molar-refractivity contribution is 5.93. The summed E-state index contributed by atoms with van der Waals surface area (Å²) in [5.41, 5.74) is 5.13. The van der Waals surface area contributed by atoms with Crippen molar-refractivity contribution in [2.75, 3.05) is 23.7 Å². The van der Waals surface area contributed by atoms with Crippen molar-refractivity contribution in [3.63, 3.8) is 0 Å². The molecule has 1 atom stereocenters. The molecule has 0 amide bonds. The fraction of sp³-hybridized carbons (Fsp3) is 0.387. The fourth-order valence-corrected chi connectivity index (χ4v) is 5.98. The molecule has 4 aromatic heterocycles. The van der Waals surface area contributed by atoms with Gasteiger partial charge in [0.05, 0.1) is 22.7 Å². The number of aryl methyl sites for hydroxylation is 1. The van der Waals surface area contributed by atoms with Crippen LogP contribution in [0.15, 0.2) is 55.0 Å². The van der Waals surface area contributed by atoms with E-state index < -0.39 is 0 Å². The maximum Gasteiger partial charge on any atom is 0.209 e. The minimum Gasteiger partial charge on any atom is -0.366 e. The zero-order valence-electron chi connectivity index (χ0n) is 23.3. The first-order valence-electron chi connectivity index (χ1n) is 14.2. The van der Waals surface area contributed by atoms with E-state index in [1.165, 1.54) is 24.8 Å². The summed E-state index contributed by atoms with van der Waals surface area (Å²) in [7, 11) is 2.00. The van der Waals surface area contributed by atoms with Gasteiger partial charge >= 0.3 is 0 Å². The highest BCUT2D eigenvalue weighted by Crippen LogP contribution is 2.42. The third kappa shape index (κ3) is 4.44. The largest absolute Gasteiger partial charge is 0.366 e. The molecule has 7 rings (SSSR count). The Morgan fingerprint density at radius 2 is 1.88 bits per heavy atom. The summed E-state index contributed by atoms with van der Waals surface area (Å²) in [5, 5.41) is 11.9. The van der Waals surface area contributed by atoms with Crippen LogP contribution in [0.25, 0.3) is 33.3 Å². The predicted octanol–water partition coefficient (Wildman–Crippen LogP) is 5.78. The van der Waals surface area contributed by atoms with Crippen molar-refractivity contribution in [3.05, 3.63) is 60.6 Å². The number of benzene rings is 1. The van der Waals surface area contributed by atoms with Crippen LogP contribution in [0.4, 0.5) is 17.6 Å². The van der Waals surface area contributed by atoms with Crippen molar-refractivity contribution in [3.8, 4) is 11.4 Å². The quantitative estimate of drug-likeness (QED) is 0.252. The molecular formula is C31H35N9. The Kier molecular flexibility index (Phi) is 6.11. The number of rotatable bonds is 6. The number of fused-ring (bicyclic) bond motifs is 2. The maximum absolute atomic E-state index is 5.19. The Labute approximate surface area is 233 Å². The number of imidazole rings is 1. The van der Waals surface area contributed by atoms with Gasteiger partial charge in [-0.05, 0) is 67.0 Å². The summed E-state index contributed by atoms with van der Waals surface area (Å²) < 4.78 is 2.03. The van der Waals surface area contributed by atoms with Crippen molar-refractivity contribution >= 4 is 39.5 Å². The van der Waals surface area contributed by atoms with E-state index >= 15 is 0 Å². The molecule has 5 heterocycles. The Morgan fingerprint density at radius 1 is 1.00 bits per heavy atom. The smallest absolute Gasteiger partial charge is 0.209 e. The topological polar surface area (TPSA) is 105 Å². The molecule has 204 valence electrons. The highest BCUT2D eigenvalue weighted by atomic mass is 15.2. The molecule has 0 bridgehead atoms. The predicted molar refractivity (Wildman–Crippen MR) is 160 cm³/mol. The Morgan fingerprint density at radius 3 is 2.67 bits per heavy atom.